The van der Waals surface area contributed by atoms with Gasteiger partial charge in [0.05, 0.1) is 10.9 Å². The number of aryl methyl sites for hydroxylation is 1. The summed E-state index contributed by atoms with van der Waals surface area (Å²) in [5.74, 6) is -0.879. The first kappa shape index (κ1) is 19.8. The van der Waals surface area contributed by atoms with Crippen LogP contribution in [0.5, 0.6) is 0 Å². The van der Waals surface area contributed by atoms with Crippen molar-refractivity contribution in [2.45, 2.75) is 37.0 Å². The van der Waals surface area contributed by atoms with Crippen molar-refractivity contribution in [3.63, 3.8) is 0 Å². The molecule has 3 aliphatic rings. The highest BCUT2D eigenvalue weighted by Crippen LogP contribution is 2.30. The molecule has 4 unspecified atom stereocenters. The van der Waals surface area contributed by atoms with Crippen LogP contribution in [-0.4, -0.2) is 75.3 Å². The molecule has 4 atom stereocenters. The molecule has 0 spiro atoms. The number of aromatic nitrogens is 1. The zero-order valence-corrected chi connectivity index (χ0v) is 17.8. The molecule has 3 fully saturated rings. The Labute approximate surface area is 183 Å². The summed E-state index contributed by atoms with van der Waals surface area (Å²) >= 11 is 1.34. The van der Waals surface area contributed by atoms with Crippen LogP contribution in [0.15, 0.2) is 35.8 Å². The van der Waals surface area contributed by atoms with E-state index in [-0.39, 0.29) is 36.2 Å². The van der Waals surface area contributed by atoms with Crippen molar-refractivity contribution in [1.29, 1.82) is 0 Å². The van der Waals surface area contributed by atoms with Gasteiger partial charge in [-0.3, -0.25) is 19.2 Å². The van der Waals surface area contributed by atoms with Crippen molar-refractivity contribution in [1.82, 2.24) is 25.0 Å². The van der Waals surface area contributed by atoms with Crippen LogP contribution >= 0.6 is 11.3 Å². The minimum absolute atomic E-state index is 0.204. The summed E-state index contributed by atoms with van der Waals surface area (Å²) < 4.78 is 1.73. The summed E-state index contributed by atoms with van der Waals surface area (Å²) in [5.41, 5.74) is 0.503. The number of amides is 4. The molecule has 2 N–H and O–H groups in total. The van der Waals surface area contributed by atoms with Crippen LogP contribution in [0.3, 0.4) is 0 Å². The lowest BCUT2D eigenvalue weighted by molar-refractivity contribution is -0.138. The van der Waals surface area contributed by atoms with E-state index in [1.165, 1.54) is 16.2 Å². The van der Waals surface area contributed by atoms with Gasteiger partial charge in [0, 0.05) is 32.4 Å². The topological polar surface area (TPSA) is 104 Å². The van der Waals surface area contributed by atoms with Gasteiger partial charge in [0.25, 0.3) is 11.8 Å². The summed E-state index contributed by atoms with van der Waals surface area (Å²) in [6, 6.07) is 4.97. The molecule has 0 radical (unpaired) electrons. The van der Waals surface area contributed by atoms with Crippen molar-refractivity contribution in [2.24, 2.45) is 7.05 Å². The first-order valence-electron chi connectivity index (χ1n) is 10.3. The molecule has 4 amide bonds. The van der Waals surface area contributed by atoms with Gasteiger partial charge < -0.3 is 25.0 Å². The minimum Gasteiger partial charge on any atom is -0.349 e. The molecule has 5 heterocycles. The molecule has 0 aliphatic carbocycles. The molecule has 0 saturated carbocycles. The third kappa shape index (κ3) is 3.31. The number of nitrogens with zero attached hydrogens (tertiary/aromatic N) is 3. The Hall–Kier alpha value is -3.14. The Bertz CT molecular complexity index is 1050. The summed E-state index contributed by atoms with van der Waals surface area (Å²) in [6.45, 7) is 0.659. The van der Waals surface area contributed by atoms with E-state index in [1.807, 2.05) is 5.38 Å². The van der Waals surface area contributed by atoms with Crippen LogP contribution in [0.4, 0.5) is 0 Å². The lowest BCUT2D eigenvalue weighted by Gasteiger charge is -2.29. The van der Waals surface area contributed by atoms with Gasteiger partial charge >= 0.3 is 0 Å². The summed E-state index contributed by atoms with van der Waals surface area (Å²) in [7, 11) is 1.79. The Morgan fingerprint density at radius 1 is 1.23 bits per heavy atom. The van der Waals surface area contributed by atoms with E-state index in [2.05, 4.69) is 10.6 Å². The quantitative estimate of drug-likeness (QED) is 0.710. The van der Waals surface area contributed by atoms with E-state index >= 15 is 0 Å². The van der Waals surface area contributed by atoms with Crippen molar-refractivity contribution in [3.8, 4) is 0 Å². The predicted octanol–water partition coefficient (Wildman–Crippen LogP) is 0.199. The fraction of sp³-hybridized carbons (Fsp3) is 0.429. The number of hydrogen-bond acceptors (Lipinski definition) is 5. The summed E-state index contributed by atoms with van der Waals surface area (Å²) in [4.78, 5) is 55.6. The number of rotatable bonds is 3. The number of thiophene rings is 1. The maximum Gasteiger partial charge on any atom is 0.271 e. The molecule has 162 valence electrons. The maximum absolute atomic E-state index is 13.5. The van der Waals surface area contributed by atoms with Crippen molar-refractivity contribution in [3.05, 3.63) is 46.4 Å². The third-order valence-corrected chi connectivity index (χ3v) is 7.24. The molecule has 5 rings (SSSR count). The van der Waals surface area contributed by atoms with Gasteiger partial charge in [-0.15, -0.1) is 11.3 Å². The number of likely N-dealkylation sites (tertiary alicyclic amines) is 1. The van der Waals surface area contributed by atoms with Crippen molar-refractivity contribution < 1.29 is 19.2 Å². The minimum atomic E-state index is -0.733. The van der Waals surface area contributed by atoms with Gasteiger partial charge in [-0.25, -0.2) is 0 Å². The van der Waals surface area contributed by atoms with Crippen molar-refractivity contribution in [2.75, 3.05) is 13.1 Å². The van der Waals surface area contributed by atoms with Gasteiger partial charge in [0.15, 0.2) is 0 Å². The number of fused-ring (bicyclic) bond motifs is 2. The zero-order valence-electron chi connectivity index (χ0n) is 17.0. The molecule has 0 bridgehead atoms. The van der Waals surface area contributed by atoms with Gasteiger partial charge in [0.1, 0.15) is 17.8 Å². The van der Waals surface area contributed by atoms with E-state index in [9.17, 15) is 19.2 Å². The largest absolute Gasteiger partial charge is 0.349 e. The van der Waals surface area contributed by atoms with Crippen LogP contribution < -0.4 is 10.6 Å². The SMILES string of the molecule is Cn1cccc1C(=O)N1CCC2NC(=O)C3CC(NC(=O)c4cccs4)CN3C(=O)C21. The van der Waals surface area contributed by atoms with Crippen LogP contribution in [-0.2, 0) is 16.6 Å². The summed E-state index contributed by atoms with van der Waals surface area (Å²) in [6.07, 6.45) is 2.69. The number of carbonyl (C=O) groups is 4. The Morgan fingerprint density at radius 2 is 2.06 bits per heavy atom. The highest BCUT2D eigenvalue weighted by molar-refractivity contribution is 7.12. The molecule has 0 aromatic carbocycles. The third-order valence-electron chi connectivity index (χ3n) is 6.37. The average Bonchev–Trinajstić information content (AvgIpc) is 3.52. The molecule has 2 aromatic rings. The Morgan fingerprint density at radius 3 is 2.77 bits per heavy atom. The molecular weight excluding hydrogens is 418 g/mol. The van der Waals surface area contributed by atoms with E-state index < -0.39 is 18.1 Å². The maximum atomic E-state index is 13.5. The van der Waals surface area contributed by atoms with Crippen LogP contribution in [0.25, 0.3) is 0 Å². The highest BCUT2D eigenvalue weighted by Gasteiger charge is 2.52. The second-order valence-corrected chi connectivity index (χ2v) is 9.19. The van der Waals surface area contributed by atoms with Gasteiger partial charge in [-0.2, -0.15) is 0 Å². The lowest BCUT2D eigenvalue weighted by atomic mass is 10.1. The zero-order chi connectivity index (χ0) is 21.7. The number of carbonyl (C=O) groups excluding carboxylic acids is 4. The molecule has 31 heavy (non-hydrogen) atoms. The van der Waals surface area contributed by atoms with Crippen LogP contribution in [0.2, 0.25) is 0 Å². The lowest BCUT2D eigenvalue weighted by Crippen LogP contribution is -2.52. The smallest absolute Gasteiger partial charge is 0.271 e. The monoisotopic (exact) mass is 441 g/mol. The second-order valence-electron chi connectivity index (χ2n) is 8.24. The van der Waals surface area contributed by atoms with Gasteiger partial charge in [0.2, 0.25) is 11.8 Å². The number of nitrogens with one attached hydrogen (secondary N) is 2. The summed E-state index contributed by atoms with van der Waals surface area (Å²) in [5, 5.41) is 7.74. The first-order chi connectivity index (χ1) is 14.9. The highest BCUT2D eigenvalue weighted by atomic mass is 32.1. The van der Waals surface area contributed by atoms with E-state index in [1.54, 1.807) is 47.0 Å². The molecule has 3 saturated heterocycles. The fourth-order valence-corrected chi connectivity index (χ4v) is 5.48. The van der Waals surface area contributed by atoms with Gasteiger partial charge in [-0.1, -0.05) is 6.07 Å². The fourth-order valence-electron chi connectivity index (χ4n) is 4.85. The molecule has 9 nitrogen and oxygen atoms in total. The second kappa shape index (κ2) is 7.52. The van der Waals surface area contributed by atoms with Gasteiger partial charge in [-0.05, 0) is 36.4 Å². The molecular formula is C21H23N5O4S. The predicted molar refractivity (Wildman–Crippen MR) is 112 cm³/mol. The first-order valence-corrected chi connectivity index (χ1v) is 11.2. The molecule has 3 aliphatic heterocycles. The van der Waals surface area contributed by atoms with Crippen LogP contribution in [0, 0.1) is 0 Å². The standard InChI is InChI=1S/C21H23N5O4S/c1-24-7-2-4-14(24)20(29)25-8-6-13-17(25)21(30)26-11-12(10-15(26)18(27)23-13)22-19(28)16-5-3-9-31-16/h2-5,7,9,12-13,15,17H,6,8,10-11H2,1H3,(H,22,28)(H,23,27). The number of hydrogen-bond donors (Lipinski definition) is 2. The average molecular weight is 442 g/mol. The molecule has 2 aromatic heterocycles. The van der Waals surface area contributed by atoms with Crippen LogP contribution in [0.1, 0.15) is 33.0 Å². The van der Waals surface area contributed by atoms with E-state index in [0.717, 1.165) is 0 Å². The van der Waals surface area contributed by atoms with E-state index in [4.69, 9.17) is 0 Å². The molecule has 10 heteroatoms. The Balaban J connectivity index is 1.36. The normalized spacial score (nSPS) is 27.5. The van der Waals surface area contributed by atoms with E-state index in [0.29, 0.717) is 30.0 Å². The van der Waals surface area contributed by atoms with Crippen molar-refractivity contribution >= 4 is 35.0 Å². The Kier molecular flexibility index (Phi) is 4.81.